The fourth-order valence-corrected chi connectivity index (χ4v) is 2.47. The Labute approximate surface area is 133 Å². The first-order valence-corrected chi connectivity index (χ1v) is 7.57. The number of ether oxygens (including phenoxy) is 1. The van der Waals surface area contributed by atoms with E-state index in [1.54, 1.807) is 7.11 Å². The Balaban J connectivity index is 1.90. The topological polar surface area (TPSA) is 38.3 Å². The summed E-state index contributed by atoms with van der Waals surface area (Å²) in [7, 11) is 1.65. The number of rotatable bonds is 5. The van der Waals surface area contributed by atoms with Gasteiger partial charge in [-0.2, -0.15) is 0 Å². The van der Waals surface area contributed by atoms with Crippen molar-refractivity contribution in [1.29, 1.82) is 0 Å². The van der Waals surface area contributed by atoms with E-state index in [1.807, 2.05) is 49.4 Å². The Hall–Kier alpha value is -1.81. The van der Waals surface area contributed by atoms with Crippen LogP contribution in [0.1, 0.15) is 21.5 Å². The molecule has 2 aromatic carbocycles. The van der Waals surface area contributed by atoms with Gasteiger partial charge < -0.3 is 10.1 Å². The monoisotopic (exact) mass is 347 g/mol. The maximum atomic E-state index is 12.1. The van der Waals surface area contributed by atoms with Crippen molar-refractivity contribution in [1.82, 2.24) is 5.32 Å². The number of hydrogen-bond acceptors (Lipinski definition) is 2. The molecule has 0 fully saturated rings. The van der Waals surface area contributed by atoms with E-state index < -0.39 is 0 Å². The zero-order valence-electron chi connectivity index (χ0n) is 12.2. The molecule has 1 amide bonds. The van der Waals surface area contributed by atoms with Gasteiger partial charge in [0.1, 0.15) is 5.75 Å². The zero-order valence-corrected chi connectivity index (χ0v) is 13.7. The van der Waals surface area contributed by atoms with E-state index in [4.69, 9.17) is 4.74 Å². The molecule has 4 heteroatoms. The predicted octanol–water partition coefficient (Wildman–Crippen LogP) is 3.74. The van der Waals surface area contributed by atoms with Crippen LogP contribution in [0.5, 0.6) is 5.75 Å². The minimum absolute atomic E-state index is 0.0564. The molecule has 0 radical (unpaired) electrons. The van der Waals surface area contributed by atoms with Gasteiger partial charge in [-0.3, -0.25) is 4.79 Å². The Morgan fingerprint density at radius 1 is 1.19 bits per heavy atom. The third-order valence-electron chi connectivity index (χ3n) is 3.29. The molecule has 0 bridgehead atoms. The highest BCUT2D eigenvalue weighted by atomic mass is 79.9. The fourth-order valence-electron chi connectivity index (χ4n) is 2.03. The van der Waals surface area contributed by atoms with Crippen LogP contribution in [-0.2, 0) is 6.42 Å². The lowest BCUT2D eigenvalue weighted by Crippen LogP contribution is -2.26. The molecule has 0 heterocycles. The third kappa shape index (κ3) is 4.08. The van der Waals surface area contributed by atoms with Gasteiger partial charge in [-0.25, -0.2) is 0 Å². The molecule has 0 aromatic heterocycles. The van der Waals surface area contributed by atoms with Crippen molar-refractivity contribution in [2.45, 2.75) is 13.3 Å². The highest BCUT2D eigenvalue weighted by Crippen LogP contribution is 2.20. The Morgan fingerprint density at radius 3 is 2.57 bits per heavy atom. The summed E-state index contributed by atoms with van der Waals surface area (Å²) >= 11 is 3.46. The first-order chi connectivity index (χ1) is 10.1. The van der Waals surface area contributed by atoms with Gasteiger partial charge in [0, 0.05) is 11.0 Å². The third-order valence-corrected chi connectivity index (χ3v) is 4.35. The van der Waals surface area contributed by atoms with Crippen LogP contribution in [0.25, 0.3) is 0 Å². The maximum Gasteiger partial charge on any atom is 0.252 e. The summed E-state index contributed by atoms with van der Waals surface area (Å²) in [5.74, 6) is 0.783. The number of carbonyl (C=O) groups excluding carboxylic acids is 1. The molecule has 1 N–H and O–H groups in total. The lowest BCUT2D eigenvalue weighted by Gasteiger charge is -2.09. The summed E-state index contributed by atoms with van der Waals surface area (Å²) in [6.45, 7) is 2.57. The Kier molecular flexibility index (Phi) is 5.39. The van der Waals surface area contributed by atoms with Crippen molar-refractivity contribution in [3.8, 4) is 5.75 Å². The summed E-state index contributed by atoms with van der Waals surface area (Å²) in [4.78, 5) is 12.1. The molecule has 0 aliphatic carbocycles. The van der Waals surface area contributed by atoms with E-state index in [2.05, 4.69) is 21.2 Å². The molecule has 110 valence electrons. The first-order valence-electron chi connectivity index (χ1n) is 6.78. The molecule has 0 aliphatic rings. The molecule has 0 aliphatic heterocycles. The number of hydrogen-bond donors (Lipinski definition) is 1. The second-order valence-electron chi connectivity index (χ2n) is 4.79. The second kappa shape index (κ2) is 7.27. The van der Waals surface area contributed by atoms with E-state index >= 15 is 0 Å². The molecule has 21 heavy (non-hydrogen) atoms. The summed E-state index contributed by atoms with van der Waals surface area (Å²) in [5.41, 5.74) is 2.89. The summed E-state index contributed by atoms with van der Waals surface area (Å²) < 4.78 is 5.97. The number of methoxy groups -OCH3 is 1. The van der Waals surface area contributed by atoms with Crippen molar-refractivity contribution in [3.63, 3.8) is 0 Å². The minimum atomic E-state index is -0.0564. The Bertz CT molecular complexity index is 623. The van der Waals surface area contributed by atoms with E-state index in [0.717, 1.165) is 22.2 Å². The molecule has 0 saturated carbocycles. The molecule has 0 saturated heterocycles. The van der Waals surface area contributed by atoms with E-state index in [0.29, 0.717) is 12.1 Å². The maximum absolute atomic E-state index is 12.1. The molecule has 0 spiro atoms. The van der Waals surface area contributed by atoms with Crippen LogP contribution in [0, 0.1) is 6.92 Å². The first kappa shape index (κ1) is 15.6. The van der Waals surface area contributed by atoms with Crippen molar-refractivity contribution in [3.05, 3.63) is 63.6 Å². The number of aryl methyl sites for hydroxylation is 1. The summed E-state index contributed by atoms with van der Waals surface area (Å²) in [6.07, 6.45) is 0.791. The summed E-state index contributed by atoms with van der Waals surface area (Å²) in [5, 5.41) is 2.94. The molecule has 2 rings (SSSR count). The average molecular weight is 348 g/mol. The standard InChI is InChI=1S/C17H18BrNO2/c1-12-4-3-5-15(16(12)18)17(20)19-11-10-13-6-8-14(21-2)9-7-13/h3-9H,10-11H2,1-2H3,(H,19,20). The normalized spacial score (nSPS) is 10.2. The predicted molar refractivity (Wildman–Crippen MR) is 87.9 cm³/mol. The lowest BCUT2D eigenvalue weighted by molar-refractivity contribution is 0.0953. The molecule has 0 unspecified atom stereocenters. The fraction of sp³-hybridized carbons (Fsp3) is 0.235. The van der Waals surface area contributed by atoms with E-state index in [1.165, 1.54) is 5.56 Å². The van der Waals surface area contributed by atoms with Gasteiger partial charge in [0.05, 0.1) is 12.7 Å². The van der Waals surface area contributed by atoms with Gasteiger partial charge in [-0.1, -0.05) is 24.3 Å². The van der Waals surface area contributed by atoms with Crippen molar-refractivity contribution >= 4 is 21.8 Å². The van der Waals surface area contributed by atoms with Crippen LogP contribution in [0.2, 0.25) is 0 Å². The molecular formula is C17H18BrNO2. The van der Waals surface area contributed by atoms with Crippen molar-refractivity contribution in [2.24, 2.45) is 0 Å². The van der Waals surface area contributed by atoms with E-state index in [-0.39, 0.29) is 5.91 Å². The van der Waals surface area contributed by atoms with Gasteiger partial charge in [-0.15, -0.1) is 0 Å². The van der Waals surface area contributed by atoms with Crippen LogP contribution in [-0.4, -0.2) is 19.6 Å². The smallest absolute Gasteiger partial charge is 0.252 e. The van der Waals surface area contributed by atoms with Crippen LogP contribution in [0.3, 0.4) is 0 Å². The van der Waals surface area contributed by atoms with Gasteiger partial charge in [-0.05, 0) is 58.6 Å². The SMILES string of the molecule is COc1ccc(CCNC(=O)c2cccc(C)c2Br)cc1. The highest BCUT2D eigenvalue weighted by molar-refractivity contribution is 9.10. The number of nitrogens with one attached hydrogen (secondary N) is 1. The van der Waals surface area contributed by atoms with Crippen molar-refractivity contribution < 1.29 is 9.53 Å². The van der Waals surface area contributed by atoms with Gasteiger partial charge in [0.25, 0.3) is 5.91 Å². The number of carbonyl (C=O) groups is 1. The van der Waals surface area contributed by atoms with Crippen LogP contribution >= 0.6 is 15.9 Å². The summed E-state index contributed by atoms with van der Waals surface area (Å²) in [6, 6.07) is 13.5. The molecular weight excluding hydrogens is 330 g/mol. The quantitative estimate of drug-likeness (QED) is 0.894. The lowest BCUT2D eigenvalue weighted by atomic mass is 10.1. The van der Waals surface area contributed by atoms with E-state index in [9.17, 15) is 4.79 Å². The number of amides is 1. The van der Waals surface area contributed by atoms with Gasteiger partial charge in [0.2, 0.25) is 0 Å². The molecule has 0 atom stereocenters. The minimum Gasteiger partial charge on any atom is -0.497 e. The number of halogens is 1. The molecule has 3 nitrogen and oxygen atoms in total. The van der Waals surface area contributed by atoms with Crippen molar-refractivity contribution in [2.75, 3.05) is 13.7 Å². The average Bonchev–Trinajstić information content (AvgIpc) is 2.50. The number of benzene rings is 2. The van der Waals surface area contributed by atoms with Crippen LogP contribution in [0.15, 0.2) is 46.9 Å². The second-order valence-corrected chi connectivity index (χ2v) is 5.58. The molecule has 2 aromatic rings. The van der Waals surface area contributed by atoms with Crippen LogP contribution in [0.4, 0.5) is 0 Å². The van der Waals surface area contributed by atoms with Gasteiger partial charge in [0.15, 0.2) is 0 Å². The Morgan fingerprint density at radius 2 is 1.90 bits per heavy atom. The van der Waals surface area contributed by atoms with Crippen LogP contribution < -0.4 is 10.1 Å². The largest absolute Gasteiger partial charge is 0.497 e. The highest BCUT2D eigenvalue weighted by Gasteiger charge is 2.10. The zero-order chi connectivity index (χ0) is 15.2. The van der Waals surface area contributed by atoms with Gasteiger partial charge >= 0.3 is 0 Å².